The van der Waals surface area contributed by atoms with E-state index < -0.39 is 0 Å². The summed E-state index contributed by atoms with van der Waals surface area (Å²) in [6.45, 7) is 9.69. The molecule has 2 aromatic carbocycles. The first-order valence-corrected chi connectivity index (χ1v) is 9.62. The van der Waals surface area contributed by atoms with Crippen LogP contribution in [-0.2, 0) is 6.54 Å². The third kappa shape index (κ3) is 4.96. The van der Waals surface area contributed by atoms with Gasteiger partial charge in [-0.1, -0.05) is 42.0 Å². The number of nitrogens with zero attached hydrogens (tertiary/aromatic N) is 2. The fourth-order valence-corrected chi connectivity index (χ4v) is 3.52. The molecule has 0 bridgehead atoms. The lowest BCUT2D eigenvalue weighted by molar-refractivity contribution is 0.177. The second kappa shape index (κ2) is 9.01. The second-order valence-corrected chi connectivity index (χ2v) is 7.00. The smallest absolute Gasteiger partial charge is 0.173 e. The van der Waals surface area contributed by atoms with Crippen molar-refractivity contribution < 1.29 is 4.74 Å². The van der Waals surface area contributed by atoms with Crippen molar-refractivity contribution in [1.29, 1.82) is 0 Å². The zero-order chi connectivity index (χ0) is 18.4. The minimum absolute atomic E-state index is 0.642. The minimum atomic E-state index is 0.642. The molecule has 1 fully saturated rings. The summed E-state index contributed by atoms with van der Waals surface area (Å²) in [5.41, 5.74) is 3.63. The lowest BCUT2D eigenvalue weighted by atomic mass is 10.1. The summed E-state index contributed by atoms with van der Waals surface area (Å²) in [6.07, 6.45) is 0. The van der Waals surface area contributed by atoms with Crippen molar-refractivity contribution in [3.63, 3.8) is 0 Å². The van der Waals surface area contributed by atoms with E-state index in [1.807, 2.05) is 31.2 Å². The number of nitrogens with one attached hydrogen (secondary N) is 1. The van der Waals surface area contributed by atoms with Gasteiger partial charge in [0.1, 0.15) is 5.75 Å². The molecule has 138 valence electrons. The Morgan fingerprint density at radius 2 is 1.85 bits per heavy atom. The molecule has 0 aliphatic carbocycles. The van der Waals surface area contributed by atoms with Crippen molar-refractivity contribution in [3.05, 3.63) is 59.7 Å². The zero-order valence-corrected chi connectivity index (χ0v) is 16.4. The topological polar surface area (TPSA) is 27.7 Å². The van der Waals surface area contributed by atoms with Gasteiger partial charge in [0.2, 0.25) is 0 Å². The highest BCUT2D eigenvalue weighted by Crippen LogP contribution is 2.24. The van der Waals surface area contributed by atoms with E-state index in [-0.39, 0.29) is 0 Å². The molecule has 0 saturated carbocycles. The van der Waals surface area contributed by atoms with Crippen LogP contribution in [0.3, 0.4) is 0 Å². The molecule has 0 atom stereocenters. The van der Waals surface area contributed by atoms with Crippen molar-refractivity contribution in [3.8, 4) is 5.75 Å². The van der Waals surface area contributed by atoms with Crippen LogP contribution in [0.5, 0.6) is 5.75 Å². The monoisotopic (exact) mass is 369 g/mol. The van der Waals surface area contributed by atoms with E-state index in [2.05, 4.69) is 46.3 Å². The molecule has 3 rings (SSSR count). The van der Waals surface area contributed by atoms with Gasteiger partial charge in [0.05, 0.1) is 12.3 Å². The molecule has 26 heavy (non-hydrogen) atoms. The average Bonchev–Trinajstić information content (AvgIpc) is 2.64. The normalized spacial score (nSPS) is 14.9. The molecule has 1 aliphatic rings. The molecule has 5 heteroatoms. The maximum absolute atomic E-state index is 5.67. The molecule has 1 heterocycles. The minimum Gasteiger partial charge on any atom is -0.492 e. The summed E-state index contributed by atoms with van der Waals surface area (Å²) in [7, 11) is 0. The van der Waals surface area contributed by atoms with Crippen molar-refractivity contribution in [2.24, 2.45) is 0 Å². The lowest BCUT2D eigenvalue weighted by Crippen LogP contribution is -2.49. The van der Waals surface area contributed by atoms with Gasteiger partial charge in [0.15, 0.2) is 5.11 Å². The van der Waals surface area contributed by atoms with Gasteiger partial charge in [0.25, 0.3) is 0 Å². The molecule has 1 aliphatic heterocycles. The third-order valence-corrected chi connectivity index (χ3v) is 4.94. The number of aryl methyl sites for hydroxylation is 1. The van der Waals surface area contributed by atoms with Crippen LogP contribution in [0, 0.1) is 6.92 Å². The van der Waals surface area contributed by atoms with Gasteiger partial charge in [-0.15, -0.1) is 0 Å². The Balaban J connectivity index is 1.52. The van der Waals surface area contributed by atoms with E-state index in [4.69, 9.17) is 17.0 Å². The van der Waals surface area contributed by atoms with Crippen LogP contribution in [0.4, 0.5) is 5.69 Å². The van der Waals surface area contributed by atoms with E-state index >= 15 is 0 Å². The molecule has 0 radical (unpaired) electrons. The molecule has 1 saturated heterocycles. The van der Waals surface area contributed by atoms with Crippen molar-refractivity contribution in [2.75, 3.05) is 38.1 Å². The van der Waals surface area contributed by atoms with Crippen LogP contribution in [0.2, 0.25) is 0 Å². The largest absolute Gasteiger partial charge is 0.492 e. The van der Waals surface area contributed by atoms with Crippen LogP contribution in [0.25, 0.3) is 0 Å². The van der Waals surface area contributed by atoms with E-state index in [9.17, 15) is 0 Å². The molecule has 0 spiro atoms. The van der Waals surface area contributed by atoms with Gasteiger partial charge >= 0.3 is 0 Å². The van der Waals surface area contributed by atoms with Gasteiger partial charge in [0, 0.05) is 32.7 Å². The van der Waals surface area contributed by atoms with Crippen LogP contribution < -0.4 is 10.1 Å². The molecular weight excluding hydrogens is 342 g/mol. The number of piperazine rings is 1. The highest BCUT2D eigenvalue weighted by Gasteiger charge is 2.19. The number of benzene rings is 2. The predicted molar refractivity (Wildman–Crippen MR) is 112 cm³/mol. The number of ether oxygens (including phenoxy) is 1. The van der Waals surface area contributed by atoms with Crippen LogP contribution in [0.1, 0.15) is 18.1 Å². The molecular formula is C21H27N3OS. The number of hydrogen-bond donors (Lipinski definition) is 1. The number of para-hydroxylation sites is 2. The summed E-state index contributed by atoms with van der Waals surface area (Å²) >= 11 is 5.63. The van der Waals surface area contributed by atoms with E-state index in [1.165, 1.54) is 11.1 Å². The summed E-state index contributed by atoms with van der Waals surface area (Å²) in [4.78, 5) is 4.73. The first-order chi connectivity index (χ1) is 12.7. The third-order valence-electron chi connectivity index (χ3n) is 4.58. The first kappa shape index (κ1) is 18.7. The first-order valence-electron chi connectivity index (χ1n) is 9.21. The summed E-state index contributed by atoms with van der Waals surface area (Å²) < 4.78 is 5.67. The Morgan fingerprint density at radius 3 is 2.58 bits per heavy atom. The summed E-state index contributed by atoms with van der Waals surface area (Å²) in [5.74, 6) is 0.843. The van der Waals surface area contributed by atoms with Gasteiger partial charge in [-0.05, 0) is 43.8 Å². The quantitative estimate of drug-likeness (QED) is 0.807. The number of thiocarbonyl (C=S) groups is 1. The van der Waals surface area contributed by atoms with E-state index in [0.29, 0.717) is 6.61 Å². The fourth-order valence-electron chi connectivity index (χ4n) is 3.22. The van der Waals surface area contributed by atoms with Gasteiger partial charge in [-0.2, -0.15) is 0 Å². The maximum Gasteiger partial charge on any atom is 0.173 e. The van der Waals surface area contributed by atoms with Crippen LogP contribution in [-0.4, -0.2) is 47.7 Å². The van der Waals surface area contributed by atoms with Crippen molar-refractivity contribution >= 4 is 23.0 Å². The molecule has 0 unspecified atom stereocenters. The zero-order valence-electron chi connectivity index (χ0n) is 15.6. The van der Waals surface area contributed by atoms with Crippen LogP contribution >= 0.6 is 12.2 Å². The standard InChI is InChI=1S/C21H27N3OS/c1-3-25-20-10-5-4-9-19(20)22-21(26)24-13-11-23(12-14-24)16-18-8-6-7-17(2)15-18/h4-10,15H,3,11-14,16H2,1-2H3,(H,22,26). The molecule has 2 aromatic rings. The summed E-state index contributed by atoms with van der Waals surface area (Å²) in [6, 6.07) is 16.7. The van der Waals surface area contributed by atoms with E-state index in [1.54, 1.807) is 0 Å². The van der Waals surface area contributed by atoms with Crippen molar-refractivity contribution in [1.82, 2.24) is 9.80 Å². The highest BCUT2D eigenvalue weighted by molar-refractivity contribution is 7.80. The van der Waals surface area contributed by atoms with Crippen LogP contribution in [0.15, 0.2) is 48.5 Å². The van der Waals surface area contributed by atoms with Gasteiger partial charge in [-0.25, -0.2) is 0 Å². The predicted octanol–water partition coefficient (Wildman–Crippen LogP) is 3.91. The average molecular weight is 370 g/mol. The second-order valence-electron chi connectivity index (χ2n) is 6.61. The Bertz CT molecular complexity index is 742. The Morgan fingerprint density at radius 1 is 1.08 bits per heavy atom. The Labute approximate surface area is 161 Å². The van der Waals surface area contributed by atoms with Gasteiger partial charge in [-0.3, -0.25) is 4.90 Å². The maximum atomic E-state index is 5.67. The highest BCUT2D eigenvalue weighted by atomic mass is 32.1. The fraction of sp³-hybridized carbons (Fsp3) is 0.381. The van der Waals surface area contributed by atoms with E-state index in [0.717, 1.165) is 49.3 Å². The molecule has 0 amide bonds. The number of anilines is 1. The molecule has 0 aromatic heterocycles. The lowest BCUT2D eigenvalue weighted by Gasteiger charge is -2.36. The number of hydrogen-bond acceptors (Lipinski definition) is 3. The van der Waals surface area contributed by atoms with Gasteiger partial charge < -0.3 is 15.0 Å². The Hall–Kier alpha value is -2.11. The molecule has 4 nitrogen and oxygen atoms in total. The SMILES string of the molecule is CCOc1ccccc1NC(=S)N1CCN(Cc2cccc(C)c2)CC1. The number of rotatable bonds is 5. The Kier molecular flexibility index (Phi) is 6.47. The van der Waals surface area contributed by atoms with Crippen molar-refractivity contribution in [2.45, 2.75) is 20.4 Å². The summed E-state index contributed by atoms with van der Waals surface area (Å²) in [5, 5.41) is 4.12. The molecule has 1 N–H and O–H groups in total.